The molecular weight excluding hydrogens is 216 g/mol. The van der Waals surface area contributed by atoms with Crippen LogP contribution in [0.15, 0.2) is 0 Å². The number of fused-ring (bicyclic) bond motifs is 1. The number of rotatable bonds is 2. The first-order chi connectivity index (χ1) is 8.68. The van der Waals surface area contributed by atoms with Gasteiger partial charge in [-0.25, -0.2) is 0 Å². The summed E-state index contributed by atoms with van der Waals surface area (Å²) in [5, 5.41) is 0. The van der Waals surface area contributed by atoms with Gasteiger partial charge < -0.3 is 0 Å². The molecule has 3 atom stereocenters. The Labute approximate surface area is 114 Å². The second-order valence-electron chi connectivity index (χ2n) is 8.12. The van der Waals surface area contributed by atoms with E-state index in [1.165, 1.54) is 38.5 Å². The van der Waals surface area contributed by atoms with Crippen LogP contribution >= 0.6 is 0 Å². The topological polar surface area (TPSA) is 0 Å². The molecule has 18 heavy (non-hydrogen) atoms. The summed E-state index contributed by atoms with van der Waals surface area (Å²) < 4.78 is 0. The highest BCUT2D eigenvalue weighted by molar-refractivity contribution is 4.93. The van der Waals surface area contributed by atoms with Crippen LogP contribution in [0.4, 0.5) is 0 Å². The molecule has 3 saturated carbocycles. The van der Waals surface area contributed by atoms with Crippen LogP contribution in [0, 0.1) is 29.1 Å². The Kier molecular flexibility index (Phi) is 3.74. The summed E-state index contributed by atoms with van der Waals surface area (Å²) in [6.07, 6.45) is 16.9. The zero-order valence-electron chi connectivity index (χ0n) is 12.6. The fraction of sp³-hybridized carbons (Fsp3) is 1.00. The maximum absolute atomic E-state index is 2.61. The van der Waals surface area contributed by atoms with Crippen molar-refractivity contribution in [3.8, 4) is 0 Å². The third-order valence-corrected chi connectivity index (χ3v) is 7.00. The van der Waals surface area contributed by atoms with Gasteiger partial charge in [0.15, 0.2) is 0 Å². The predicted octanol–water partition coefficient (Wildman–Crippen LogP) is 5.81. The molecule has 0 bridgehead atoms. The van der Waals surface area contributed by atoms with E-state index in [0.717, 1.165) is 23.7 Å². The van der Waals surface area contributed by atoms with Gasteiger partial charge in [-0.2, -0.15) is 0 Å². The molecule has 3 aliphatic carbocycles. The average Bonchev–Trinajstić information content (AvgIpc) is 2.87. The molecule has 0 aromatic carbocycles. The lowest BCUT2D eigenvalue weighted by Crippen LogP contribution is -2.37. The predicted molar refractivity (Wildman–Crippen MR) is 78.5 cm³/mol. The molecule has 0 radical (unpaired) electrons. The van der Waals surface area contributed by atoms with Gasteiger partial charge in [0.25, 0.3) is 0 Å². The molecular formula is C18H32. The summed E-state index contributed by atoms with van der Waals surface area (Å²) in [5.74, 6) is 4.32. The highest BCUT2D eigenvalue weighted by Gasteiger charge is 2.43. The minimum absolute atomic E-state index is 0.633. The molecule has 3 rings (SSSR count). The van der Waals surface area contributed by atoms with Crippen LogP contribution in [0.1, 0.15) is 84.5 Å². The Bertz CT molecular complexity index is 272. The molecule has 0 heteroatoms. The Morgan fingerprint density at radius 2 is 1.33 bits per heavy atom. The second-order valence-corrected chi connectivity index (χ2v) is 8.12. The maximum Gasteiger partial charge on any atom is -0.0297 e. The first kappa shape index (κ1) is 13.0. The monoisotopic (exact) mass is 248 g/mol. The van der Waals surface area contributed by atoms with Crippen LogP contribution in [0.5, 0.6) is 0 Å². The van der Waals surface area contributed by atoms with Gasteiger partial charge in [-0.3, -0.25) is 0 Å². The Hall–Kier alpha value is 0. The van der Waals surface area contributed by atoms with E-state index < -0.39 is 0 Å². The fourth-order valence-electron chi connectivity index (χ4n) is 5.56. The second kappa shape index (κ2) is 5.17. The minimum atomic E-state index is 0.633. The maximum atomic E-state index is 2.61. The van der Waals surface area contributed by atoms with Crippen molar-refractivity contribution in [1.82, 2.24) is 0 Å². The quantitative estimate of drug-likeness (QED) is 0.578. The standard InChI is InChI=1S/C18H32/c1-18(2,16-9-4-3-5-10-16)17-12-11-14-7-6-8-15(14)13-17/h14-17H,3-13H2,1-2H3. The largest absolute Gasteiger partial charge is 0.0594 e. The van der Waals surface area contributed by atoms with E-state index >= 15 is 0 Å². The van der Waals surface area contributed by atoms with Gasteiger partial charge in [-0.05, 0) is 61.2 Å². The summed E-state index contributed by atoms with van der Waals surface area (Å²) in [5.41, 5.74) is 0.633. The lowest BCUT2D eigenvalue weighted by Gasteiger charge is -2.47. The lowest BCUT2D eigenvalue weighted by atomic mass is 9.58. The van der Waals surface area contributed by atoms with Crippen molar-refractivity contribution in [2.75, 3.05) is 0 Å². The van der Waals surface area contributed by atoms with Gasteiger partial charge in [0.1, 0.15) is 0 Å². The molecule has 0 nitrogen and oxygen atoms in total. The molecule has 104 valence electrons. The lowest BCUT2D eigenvalue weighted by molar-refractivity contribution is 0.0317. The van der Waals surface area contributed by atoms with E-state index in [1.54, 1.807) is 32.1 Å². The highest BCUT2D eigenvalue weighted by atomic mass is 14.5. The number of hydrogen-bond acceptors (Lipinski definition) is 0. The van der Waals surface area contributed by atoms with E-state index in [9.17, 15) is 0 Å². The van der Waals surface area contributed by atoms with Crippen molar-refractivity contribution in [2.24, 2.45) is 29.1 Å². The summed E-state index contributed by atoms with van der Waals surface area (Å²) in [6, 6.07) is 0. The number of hydrogen-bond donors (Lipinski definition) is 0. The van der Waals surface area contributed by atoms with Crippen molar-refractivity contribution < 1.29 is 0 Å². The molecule has 0 saturated heterocycles. The van der Waals surface area contributed by atoms with Crippen LogP contribution in [0.3, 0.4) is 0 Å². The molecule has 0 aromatic heterocycles. The molecule has 3 unspecified atom stereocenters. The van der Waals surface area contributed by atoms with Gasteiger partial charge in [-0.15, -0.1) is 0 Å². The van der Waals surface area contributed by atoms with Gasteiger partial charge in [0, 0.05) is 0 Å². The molecule has 0 amide bonds. The highest BCUT2D eigenvalue weighted by Crippen LogP contribution is 2.53. The normalized spacial score (nSPS) is 38.7. The van der Waals surface area contributed by atoms with E-state index in [-0.39, 0.29) is 0 Å². The van der Waals surface area contributed by atoms with Gasteiger partial charge in [0.2, 0.25) is 0 Å². The summed E-state index contributed by atoms with van der Waals surface area (Å²) in [7, 11) is 0. The van der Waals surface area contributed by atoms with Crippen molar-refractivity contribution in [3.05, 3.63) is 0 Å². The summed E-state index contributed by atoms with van der Waals surface area (Å²) in [6.45, 7) is 5.23. The molecule has 0 N–H and O–H groups in total. The van der Waals surface area contributed by atoms with Gasteiger partial charge in [0.05, 0.1) is 0 Å². The van der Waals surface area contributed by atoms with E-state index in [2.05, 4.69) is 13.8 Å². The first-order valence-corrected chi connectivity index (χ1v) is 8.68. The Balaban J connectivity index is 1.65. The third kappa shape index (κ3) is 2.37. The molecule has 3 fully saturated rings. The third-order valence-electron chi connectivity index (χ3n) is 7.00. The first-order valence-electron chi connectivity index (χ1n) is 8.68. The van der Waals surface area contributed by atoms with Crippen molar-refractivity contribution >= 4 is 0 Å². The molecule has 0 aliphatic heterocycles. The van der Waals surface area contributed by atoms with Crippen LogP contribution in [-0.2, 0) is 0 Å². The Morgan fingerprint density at radius 3 is 2.11 bits per heavy atom. The van der Waals surface area contributed by atoms with E-state index in [1.807, 2.05) is 0 Å². The van der Waals surface area contributed by atoms with Crippen molar-refractivity contribution in [2.45, 2.75) is 84.5 Å². The molecule has 0 heterocycles. The SMILES string of the molecule is CC(C)(C1CCCCC1)C1CCC2CCCC2C1. The van der Waals surface area contributed by atoms with E-state index in [4.69, 9.17) is 0 Å². The zero-order chi connectivity index (χ0) is 12.6. The average molecular weight is 248 g/mol. The molecule has 0 aromatic rings. The smallest absolute Gasteiger partial charge is 0.0297 e. The zero-order valence-corrected chi connectivity index (χ0v) is 12.6. The molecule has 0 spiro atoms. The van der Waals surface area contributed by atoms with Crippen LogP contribution in [0.2, 0.25) is 0 Å². The van der Waals surface area contributed by atoms with Crippen molar-refractivity contribution in [1.29, 1.82) is 0 Å². The molecule has 3 aliphatic rings. The van der Waals surface area contributed by atoms with Gasteiger partial charge in [-0.1, -0.05) is 52.4 Å². The Morgan fingerprint density at radius 1 is 0.611 bits per heavy atom. The van der Waals surface area contributed by atoms with Crippen molar-refractivity contribution in [3.63, 3.8) is 0 Å². The summed E-state index contributed by atoms with van der Waals surface area (Å²) in [4.78, 5) is 0. The fourth-order valence-corrected chi connectivity index (χ4v) is 5.56. The summed E-state index contributed by atoms with van der Waals surface area (Å²) >= 11 is 0. The van der Waals surface area contributed by atoms with E-state index in [0.29, 0.717) is 5.41 Å². The minimum Gasteiger partial charge on any atom is -0.0594 e. The van der Waals surface area contributed by atoms with Crippen LogP contribution < -0.4 is 0 Å². The van der Waals surface area contributed by atoms with Crippen LogP contribution in [0.25, 0.3) is 0 Å². The van der Waals surface area contributed by atoms with Crippen LogP contribution in [-0.4, -0.2) is 0 Å². The van der Waals surface area contributed by atoms with Gasteiger partial charge >= 0.3 is 0 Å².